The maximum Gasteiger partial charge on any atom is 0.191 e. The summed E-state index contributed by atoms with van der Waals surface area (Å²) in [4.78, 5) is 10.0. The molecule has 0 saturated carbocycles. The molecule has 1 heterocycles. The van der Waals surface area contributed by atoms with Gasteiger partial charge in [-0.2, -0.15) is 0 Å². The van der Waals surface area contributed by atoms with Gasteiger partial charge in [-0.15, -0.1) is 35.3 Å². The van der Waals surface area contributed by atoms with Crippen LogP contribution in [0.3, 0.4) is 0 Å². The Balaban J connectivity index is 0.00000338. The summed E-state index contributed by atoms with van der Waals surface area (Å²) in [5, 5.41) is 7.76. The first-order chi connectivity index (χ1) is 12.1. The van der Waals surface area contributed by atoms with Crippen molar-refractivity contribution in [3.8, 4) is 11.5 Å². The highest BCUT2D eigenvalue weighted by Crippen LogP contribution is 2.24. The van der Waals surface area contributed by atoms with E-state index in [0.717, 1.165) is 46.7 Å². The number of nitrogens with one attached hydrogen (secondary N) is 2. The fourth-order valence-electron chi connectivity index (χ4n) is 2.50. The molecule has 8 heteroatoms. The summed E-state index contributed by atoms with van der Waals surface area (Å²) in [7, 11) is 5.07. The van der Waals surface area contributed by atoms with E-state index in [-0.39, 0.29) is 24.0 Å². The minimum atomic E-state index is 0. The zero-order chi connectivity index (χ0) is 18.2. The molecule has 0 aliphatic heterocycles. The number of nitrogens with zero attached hydrogens (tertiary/aromatic N) is 2. The van der Waals surface area contributed by atoms with Gasteiger partial charge in [-0.1, -0.05) is 0 Å². The number of guanidine groups is 1. The average Bonchev–Trinajstić information content (AvgIpc) is 2.95. The summed E-state index contributed by atoms with van der Waals surface area (Å²) >= 11 is 1.75. The first-order valence-electron chi connectivity index (χ1n) is 8.15. The number of hydrogen-bond acceptors (Lipinski definition) is 5. The summed E-state index contributed by atoms with van der Waals surface area (Å²) in [5.74, 6) is 2.33. The lowest BCUT2D eigenvalue weighted by Gasteiger charge is -2.14. The van der Waals surface area contributed by atoms with Gasteiger partial charge in [0.2, 0.25) is 0 Å². The van der Waals surface area contributed by atoms with Crippen molar-refractivity contribution in [3.63, 3.8) is 0 Å². The van der Waals surface area contributed by atoms with Crippen LogP contribution < -0.4 is 20.1 Å². The van der Waals surface area contributed by atoms with Crippen molar-refractivity contribution >= 4 is 41.3 Å². The van der Waals surface area contributed by atoms with Gasteiger partial charge >= 0.3 is 0 Å². The van der Waals surface area contributed by atoms with Crippen LogP contribution >= 0.6 is 35.3 Å². The standard InChI is InChI=1S/C18H26N4O2S.HI/c1-12-17(25-13(2)22-12)8-9-20-18(19-3)21-11-14-6-7-15(23-4)10-16(14)24-5;/h6-7,10H,8-9,11H2,1-5H3,(H2,19,20,21);1H. The van der Waals surface area contributed by atoms with Gasteiger partial charge in [-0.05, 0) is 26.0 Å². The Morgan fingerprint density at radius 1 is 1.19 bits per heavy atom. The molecule has 0 fully saturated rings. The van der Waals surface area contributed by atoms with Crippen molar-refractivity contribution < 1.29 is 9.47 Å². The largest absolute Gasteiger partial charge is 0.497 e. The second-order valence-electron chi connectivity index (χ2n) is 5.52. The molecule has 0 spiro atoms. The van der Waals surface area contributed by atoms with Crippen LogP contribution in [0.25, 0.3) is 0 Å². The highest BCUT2D eigenvalue weighted by Gasteiger charge is 2.07. The van der Waals surface area contributed by atoms with E-state index >= 15 is 0 Å². The van der Waals surface area contributed by atoms with E-state index in [9.17, 15) is 0 Å². The van der Waals surface area contributed by atoms with Crippen molar-refractivity contribution in [2.75, 3.05) is 27.8 Å². The van der Waals surface area contributed by atoms with Crippen molar-refractivity contribution in [2.45, 2.75) is 26.8 Å². The van der Waals surface area contributed by atoms with Crippen molar-refractivity contribution in [1.29, 1.82) is 0 Å². The maximum absolute atomic E-state index is 5.42. The van der Waals surface area contributed by atoms with Crippen LogP contribution in [0.2, 0.25) is 0 Å². The van der Waals surface area contributed by atoms with E-state index in [0.29, 0.717) is 6.54 Å². The molecule has 0 amide bonds. The Hall–Kier alpha value is -1.55. The zero-order valence-electron chi connectivity index (χ0n) is 15.9. The molecule has 0 unspecified atom stereocenters. The van der Waals surface area contributed by atoms with Gasteiger partial charge < -0.3 is 20.1 Å². The van der Waals surface area contributed by atoms with E-state index in [4.69, 9.17) is 9.47 Å². The third-order valence-electron chi connectivity index (χ3n) is 3.81. The van der Waals surface area contributed by atoms with Crippen LogP contribution in [0.4, 0.5) is 0 Å². The fraction of sp³-hybridized carbons (Fsp3) is 0.444. The van der Waals surface area contributed by atoms with Gasteiger partial charge in [0.15, 0.2) is 5.96 Å². The lowest BCUT2D eigenvalue weighted by molar-refractivity contribution is 0.390. The van der Waals surface area contributed by atoms with Crippen LogP contribution in [0.15, 0.2) is 23.2 Å². The van der Waals surface area contributed by atoms with Crippen LogP contribution in [-0.4, -0.2) is 38.8 Å². The van der Waals surface area contributed by atoms with Gasteiger partial charge in [0, 0.05) is 43.1 Å². The average molecular weight is 490 g/mol. The number of rotatable bonds is 7. The number of thiazole rings is 1. The molecular formula is C18H27IN4O2S. The predicted molar refractivity (Wildman–Crippen MR) is 118 cm³/mol. The summed E-state index contributed by atoms with van der Waals surface area (Å²) in [6.07, 6.45) is 0.934. The summed E-state index contributed by atoms with van der Waals surface area (Å²) in [5.41, 5.74) is 2.16. The minimum Gasteiger partial charge on any atom is -0.497 e. The fourth-order valence-corrected chi connectivity index (χ4v) is 3.43. The highest BCUT2D eigenvalue weighted by molar-refractivity contribution is 14.0. The minimum absolute atomic E-state index is 0. The Bertz CT molecular complexity index is 734. The summed E-state index contributed by atoms with van der Waals surface area (Å²) in [6.45, 7) is 5.52. The van der Waals surface area contributed by atoms with Gasteiger partial charge in [-0.25, -0.2) is 4.98 Å². The second-order valence-corrected chi connectivity index (χ2v) is 6.81. The van der Waals surface area contributed by atoms with E-state index in [1.807, 2.05) is 25.1 Å². The normalized spacial score (nSPS) is 10.9. The smallest absolute Gasteiger partial charge is 0.191 e. The lowest BCUT2D eigenvalue weighted by atomic mass is 10.2. The van der Waals surface area contributed by atoms with E-state index in [1.165, 1.54) is 4.88 Å². The Morgan fingerprint density at radius 3 is 2.54 bits per heavy atom. The molecule has 0 saturated heterocycles. The number of benzene rings is 1. The number of aliphatic imine (C=N–C) groups is 1. The molecule has 0 aliphatic carbocycles. The third-order valence-corrected chi connectivity index (χ3v) is 4.94. The van der Waals surface area contributed by atoms with E-state index < -0.39 is 0 Å². The molecule has 2 aromatic rings. The molecule has 0 atom stereocenters. The molecule has 2 N–H and O–H groups in total. The molecule has 0 bridgehead atoms. The lowest BCUT2D eigenvalue weighted by Crippen LogP contribution is -2.37. The Kier molecular flexibility index (Phi) is 9.71. The Labute approximate surface area is 176 Å². The topological polar surface area (TPSA) is 67.8 Å². The van der Waals surface area contributed by atoms with Crippen molar-refractivity contribution in [3.05, 3.63) is 39.3 Å². The molecular weight excluding hydrogens is 463 g/mol. The quantitative estimate of drug-likeness (QED) is 0.354. The molecule has 1 aromatic heterocycles. The number of aromatic nitrogens is 1. The van der Waals surface area contributed by atoms with Gasteiger partial charge in [-0.3, -0.25) is 4.99 Å². The van der Waals surface area contributed by atoms with Crippen molar-refractivity contribution in [1.82, 2.24) is 15.6 Å². The van der Waals surface area contributed by atoms with Crippen LogP contribution in [0.5, 0.6) is 11.5 Å². The van der Waals surface area contributed by atoms with Gasteiger partial charge in [0.1, 0.15) is 11.5 Å². The first-order valence-corrected chi connectivity index (χ1v) is 8.97. The van der Waals surface area contributed by atoms with Crippen LogP contribution in [0.1, 0.15) is 21.1 Å². The molecule has 2 rings (SSSR count). The van der Waals surface area contributed by atoms with Crippen molar-refractivity contribution in [2.24, 2.45) is 4.99 Å². The number of aryl methyl sites for hydroxylation is 2. The van der Waals surface area contributed by atoms with Crippen LogP contribution in [-0.2, 0) is 13.0 Å². The second kappa shape index (κ2) is 11.2. The summed E-state index contributed by atoms with van der Waals surface area (Å²) in [6, 6.07) is 5.79. The van der Waals surface area contributed by atoms with Gasteiger partial charge in [0.05, 0.1) is 24.9 Å². The molecule has 26 heavy (non-hydrogen) atoms. The third kappa shape index (κ3) is 6.31. The number of ether oxygens (including phenoxy) is 2. The summed E-state index contributed by atoms with van der Waals surface area (Å²) < 4.78 is 10.6. The van der Waals surface area contributed by atoms with E-state index in [1.54, 1.807) is 32.6 Å². The first kappa shape index (κ1) is 22.5. The Morgan fingerprint density at radius 2 is 1.96 bits per heavy atom. The molecule has 1 aromatic carbocycles. The molecule has 6 nitrogen and oxygen atoms in total. The molecule has 144 valence electrons. The maximum atomic E-state index is 5.42. The van der Waals surface area contributed by atoms with Crippen LogP contribution in [0, 0.1) is 13.8 Å². The number of hydrogen-bond donors (Lipinski definition) is 2. The zero-order valence-corrected chi connectivity index (χ0v) is 19.0. The molecule has 0 radical (unpaired) electrons. The van der Waals surface area contributed by atoms with Gasteiger partial charge in [0.25, 0.3) is 0 Å². The number of methoxy groups -OCH3 is 2. The van der Waals surface area contributed by atoms with E-state index in [2.05, 4.69) is 27.5 Å². The molecule has 0 aliphatic rings. The number of halogens is 1. The monoisotopic (exact) mass is 490 g/mol. The highest BCUT2D eigenvalue weighted by atomic mass is 127. The predicted octanol–water partition coefficient (Wildman–Crippen LogP) is 3.30. The SMILES string of the molecule is CN=C(NCCc1sc(C)nc1C)NCc1ccc(OC)cc1OC.I.